The maximum absolute atomic E-state index is 5.63. The molecule has 0 atom stereocenters. The van der Waals surface area contributed by atoms with Crippen molar-refractivity contribution in [3.8, 4) is 0 Å². The quantitative estimate of drug-likeness (QED) is 0.857. The highest BCUT2D eigenvalue weighted by molar-refractivity contribution is 5.53. The topological polar surface area (TPSA) is 42.4 Å². The average molecular weight is 230 g/mol. The molecule has 1 aromatic carbocycles. The van der Waals surface area contributed by atoms with Gasteiger partial charge in [-0.25, -0.2) is 0 Å². The van der Waals surface area contributed by atoms with E-state index in [1.807, 2.05) is 18.2 Å². The minimum Gasteiger partial charge on any atom is -0.467 e. The molecule has 0 amide bonds. The number of hydrogen-bond donors (Lipinski definition) is 1. The summed E-state index contributed by atoms with van der Waals surface area (Å²) in [4.78, 5) is 2.18. The zero-order chi connectivity index (χ0) is 12.1. The van der Waals surface area contributed by atoms with Crippen LogP contribution in [0.5, 0.6) is 0 Å². The summed E-state index contributed by atoms with van der Waals surface area (Å²) in [7, 11) is 2.07. The second-order valence-corrected chi connectivity index (χ2v) is 4.10. The van der Waals surface area contributed by atoms with Gasteiger partial charge in [-0.3, -0.25) is 0 Å². The lowest BCUT2D eigenvalue weighted by molar-refractivity contribution is 0.507. The van der Waals surface area contributed by atoms with Crippen LogP contribution in [0.15, 0.2) is 47.1 Å². The van der Waals surface area contributed by atoms with Crippen LogP contribution >= 0.6 is 0 Å². The molecule has 3 nitrogen and oxygen atoms in total. The van der Waals surface area contributed by atoms with Crippen molar-refractivity contribution in [1.82, 2.24) is 0 Å². The number of furan rings is 1. The average Bonchev–Trinajstić information content (AvgIpc) is 2.83. The molecule has 0 aliphatic carbocycles. The van der Waals surface area contributed by atoms with E-state index in [0.29, 0.717) is 6.54 Å². The largest absolute Gasteiger partial charge is 0.467 e. The predicted molar refractivity (Wildman–Crippen MR) is 70.0 cm³/mol. The highest BCUT2D eigenvalue weighted by Gasteiger charge is 2.07. The first-order chi connectivity index (χ1) is 8.31. The molecule has 2 N–H and O–H groups in total. The Bertz CT molecular complexity index is 451. The molecule has 0 saturated heterocycles. The highest BCUT2D eigenvalue weighted by atomic mass is 16.3. The monoisotopic (exact) mass is 230 g/mol. The van der Waals surface area contributed by atoms with Gasteiger partial charge in [0, 0.05) is 12.7 Å². The summed E-state index contributed by atoms with van der Waals surface area (Å²) in [5, 5.41) is 0. The van der Waals surface area contributed by atoms with Gasteiger partial charge in [-0.15, -0.1) is 0 Å². The molecule has 0 saturated carbocycles. The van der Waals surface area contributed by atoms with Crippen LogP contribution in [0.1, 0.15) is 11.3 Å². The SMILES string of the molecule is CN(Cc1ccco1)c1ccccc1CCN. The second kappa shape index (κ2) is 5.55. The first kappa shape index (κ1) is 11.7. The van der Waals surface area contributed by atoms with E-state index >= 15 is 0 Å². The Balaban J connectivity index is 2.15. The molecular formula is C14H18N2O. The molecule has 0 bridgehead atoms. The van der Waals surface area contributed by atoms with Gasteiger partial charge in [0.2, 0.25) is 0 Å². The molecule has 1 heterocycles. The predicted octanol–water partition coefficient (Wildman–Crippen LogP) is 2.42. The fraction of sp³-hybridized carbons (Fsp3) is 0.286. The van der Waals surface area contributed by atoms with Gasteiger partial charge in [-0.05, 0) is 36.7 Å². The van der Waals surface area contributed by atoms with Crippen LogP contribution in [-0.2, 0) is 13.0 Å². The summed E-state index contributed by atoms with van der Waals surface area (Å²) in [6, 6.07) is 12.2. The van der Waals surface area contributed by atoms with Gasteiger partial charge < -0.3 is 15.1 Å². The third kappa shape index (κ3) is 2.88. The van der Waals surface area contributed by atoms with E-state index in [2.05, 4.69) is 30.1 Å². The molecule has 0 radical (unpaired) electrons. The number of nitrogens with zero attached hydrogens (tertiary/aromatic N) is 1. The van der Waals surface area contributed by atoms with E-state index in [4.69, 9.17) is 10.2 Å². The van der Waals surface area contributed by atoms with Crippen molar-refractivity contribution < 1.29 is 4.42 Å². The molecule has 17 heavy (non-hydrogen) atoms. The highest BCUT2D eigenvalue weighted by Crippen LogP contribution is 2.21. The summed E-state index contributed by atoms with van der Waals surface area (Å²) in [6.45, 7) is 1.44. The van der Waals surface area contributed by atoms with Crippen LogP contribution in [0.3, 0.4) is 0 Å². The van der Waals surface area contributed by atoms with Crippen molar-refractivity contribution in [2.45, 2.75) is 13.0 Å². The Morgan fingerprint density at radius 2 is 2.00 bits per heavy atom. The number of nitrogens with two attached hydrogens (primary N) is 1. The van der Waals surface area contributed by atoms with Crippen molar-refractivity contribution >= 4 is 5.69 Å². The molecule has 0 unspecified atom stereocenters. The Morgan fingerprint density at radius 1 is 1.18 bits per heavy atom. The first-order valence-corrected chi connectivity index (χ1v) is 5.82. The number of anilines is 1. The fourth-order valence-electron chi connectivity index (χ4n) is 1.97. The Kier molecular flexibility index (Phi) is 3.83. The molecule has 2 aromatic rings. The minimum atomic E-state index is 0.672. The Labute approximate surface area is 102 Å². The fourth-order valence-corrected chi connectivity index (χ4v) is 1.97. The summed E-state index contributed by atoms with van der Waals surface area (Å²) < 4.78 is 5.36. The van der Waals surface area contributed by atoms with Gasteiger partial charge in [0.15, 0.2) is 0 Å². The molecule has 90 valence electrons. The van der Waals surface area contributed by atoms with Crippen LogP contribution in [0.4, 0.5) is 5.69 Å². The Morgan fingerprint density at radius 3 is 2.71 bits per heavy atom. The summed E-state index contributed by atoms with van der Waals surface area (Å²) in [5.41, 5.74) is 8.13. The van der Waals surface area contributed by atoms with Gasteiger partial charge >= 0.3 is 0 Å². The van der Waals surface area contributed by atoms with E-state index in [1.54, 1.807) is 6.26 Å². The number of hydrogen-bond acceptors (Lipinski definition) is 3. The maximum Gasteiger partial charge on any atom is 0.123 e. The van der Waals surface area contributed by atoms with Crippen molar-refractivity contribution in [3.63, 3.8) is 0 Å². The third-order valence-corrected chi connectivity index (χ3v) is 2.79. The second-order valence-electron chi connectivity index (χ2n) is 4.10. The summed E-state index contributed by atoms with van der Waals surface area (Å²) in [6.07, 6.45) is 2.60. The molecule has 3 heteroatoms. The zero-order valence-corrected chi connectivity index (χ0v) is 10.1. The molecule has 2 rings (SSSR count). The summed E-state index contributed by atoms with van der Waals surface area (Å²) in [5.74, 6) is 0.968. The first-order valence-electron chi connectivity index (χ1n) is 5.82. The van der Waals surface area contributed by atoms with Gasteiger partial charge in [0.05, 0.1) is 12.8 Å². The van der Waals surface area contributed by atoms with Crippen LogP contribution < -0.4 is 10.6 Å². The van der Waals surface area contributed by atoms with Crippen molar-refractivity contribution in [3.05, 3.63) is 54.0 Å². The van der Waals surface area contributed by atoms with E-state index in [9.17, 15) is 0 Å². The maximum atomic E-state index is 5.63. The molecule has 0 aliphatic heterocycles. The lowest BCUT2D eigenvalue weighted by atomic mass is 10.1. The molecule has 0 fully saturated rings. The lowest BCUT2D eigenvalue weighted by Gasteiger charge is -2.21. The van der Waals surface area contributed by atoms with Crippen LogP contribution in [-0.4, -0.2) is 13.6 Å². The summed E-state index contributed by atoms with van der Waals surface area (Å²) >= 11 is 0. The van der Waals surface area contributed by atoms with Crippen molar-refractivity contribution in [1.29, 1.82) is 0 Å². The lowest BCUT2D eigenvalue weighted by Crippen LogP contribution is -2.18. The standard InChI is InChI=1S/C14H18N2O/c1-16(11-13-6-4-10-17-13)14-7-3-2-5-12(14)8-9-15/h2-7,10H,8-9,11,15H2,1H3. The van der Waals surface area contributed by atoms with Crippen LogP contribution in [0, 0.1) is 0 Å². The minimum absolute atomic E-state index is 0.672. The molecule has 0 spiro atoms. The van der Waals surface area contributed by atoms with Gasteiger partial charge in [-0.1, -0.05) is 18.2 Å². The zero-order valence-electron chi connectivity index (χ0n) is 10.1. The van der Waals surface area contributed by atoms with Crippen LogP contribution in [0.2, 0.25) is 0 Å². The normalized spacial score (nSPS) is 10.5. The van der Waals surface area contributed by atoms with E-state index < -0.39 is 0 Å². The van der Waals surface area contributed by atoms with E-state index in [0.717, 1.165) is 18.7 Å². The van der Waals surface area contributed by atoms with Gasteiger partial charge in [0.1, 0.15) is 5.76 Å². The molecular weight excluding hydrogens is 212 g/mol. The van der Waals surface area contributed by atoms with Gasteiger partial charge in [0.25, 0.3) is 0 Å². The number of benzene rings is 1. The van der Waals surface area contributed by atoms with Crippen LogP contribution in [0.25, 0.3) is 0 Å². The van der Waals surface area contributed by atoms with E-state index in [-0.39, 0.29) is 0 Å². The number of rotatable bonds is 5. The molecule has 0 aliphatic rings. The van der Waals surface area contributed by atoms with E-state index in [1.165, 1.54) is 11.3 Å². The third-order valence-electron chi connectivity index (χ3n) is 2.79. The van der Waals surface area contributed by atoms with Crippen molar-refractivity contribution in [2.24, 2.45) is 5.73 Å². The smallest absolute Gasteiger partial charge is 0.123 e. The van der Waals surface area contributed by atoms with Crippen molar-refractivity contribution in [2.75, 3.05) is 18.5 Å². The van der Waals surface area contributed by atoms with Gasteiger partial charge in [-0.2, -0.15) is 0 Å². The Hall–Kier alpha value is -1.74. The number of para-hydroxylation sites is 1. The molecule has 1 aromatic heterocycles.